The average molecular weight is 183 g/mol. The van der Waals surface area contributed by atoms with Gasteiger partial charge in [0.2, 0.25) is 0 Å². The molecular weight excluding hydrogens is 158 g/mol. The predicted molar refractivity (Wildman–Crippen MR) is 61.6 cm³/mol. The third-order valence-corrected chi connectivity index (χ3v) is 2.65. The van der Waals surface area contributed by atoms with Gasteiger partial charge in [0.25, 0.3) is 0 Å². The fraction of sp³-hybridized carbons (Fsp3) is 0.917. The molecule has 0 aliphatic carbocycles. The molecule has 0 bridgehead atoms. The molecule has 13 heavy (non-hydrogen) atoms. The first-order valence-corrected chi connectivity index (χ1v) is 5.45. The van der Waals surface area contributed by atoms with Crippen LogP contribution >= 0.6 is 0 Å². The molecule has 0 heterocycles. The molecule has 0 spiro atoms. The van der Waals surface area contributed by atoms with Crippen molar-refractivity contribution in [2.45, 2.75) is 60.3 Å². The third kappa shape index (κ3) is 8.01. The van der Waals surface area contributed by atoms with Gasteiger partial charge < -0.3 is 0 Å². The lowest BCUT2D eigenvalue weighted by molar-refractivity contribution is 0.310. The first-order chi connectivity index (χ1) is 5.98. The summed E-state index contributed by atoms with van der Waals surface area (Å²) in [7, 11) is 0. The van der Waals surface area contributed by atoms with Crippen molar-refractivity contribution in [3.8, 4) is 0 Å². The number of hydrogen-bond donors (Lipinski definition) is 0. The number of aliphatic imine (C=N–C) groups is 1. The van der Waals surface area contributed by atoms with Crippen LogP contribution in [0.1, 0.15) is 60.3 Å². The molecule has 0 radical (unpaired) electrons. The van der Waals surface area contributed by atoms with E-state index in [0.29, 0.717) is 5.41 Å². The first kappa shape index (κ1) is 12.7. The number of hydrogen-bond acceptors (Lipinski definition) is 1. The molecule has 0 aliphatic heterocycles. The van der Waals surface area contributed by atoms with Crippen LogP contribution in [0.3, 0.4) is 0 Å². The maximum absolute atomic E-state index is 4.39. The van der Waals surface area contributed by atoms with Crippen LogP contribution in [0.15, 0.2) is 4.99 Å². The minimum atomic E-state index is 0.533. The van der Waals surface area contributed by atoms with E-state index in [1.807, 2.05) is 0 Å². The van der Waals surface area contributed by atoms with Crippen molar-refractivity contribution in [1.29, 1.82) is 0 Å². The highest BCUT2D eigenvalue weighted by Gasteiger charge is 2.13. The summed E-state index contributed by atoms with van der Waals surface area (Å²) in [4.78, 5) is 4.39. The van der Waals surface area contributed by atoms with Crippen LogP contribution in [-0.4, -0.2) is 12.3 Å². The van der Waals surface area contributed by atoms with Gasteiger partial charge in [0, 0.05) is 12.3 Å². The summed E-state index contributed by atoms with van der Waals surface area (Å²) < 4.78 is 0. The van der Waals surface area contributed by atoms with Crippen LogP contribution in [0.25, 0.3) is 0 Å². The highest BCUT2D eigenvalue weighted by Crippen LogP contribution is 2.26. The van der Waals surface area contributed by atoms with Crippen molar-refractivity contribution in [3.05, 3.63) is 0 Å². The molecule has 0 atom stereocenters. The molecular formula is C12H25N. The van der Waals surface area contributed by atoms with Gasteiger partial charge in [-0.3, -0.25) is 4.99 Å². The number of rotatable bonds is 6. The van der Waals surface area contributed by atoms with Crippen molar-refractivity contribution in [3.63, 3.8) is 0 Å². The minimum Gasteiger partial charge on any atom is -0.295 e. The maximum atomic E-state index is 4.39. The Morgan fingerprint density at radius 3 is 2.23 bits per heavy atom. The van der Waals surface area contributed by atoms with Crippen molar-refractivity contribution >= 4 is 5.71 Å². The zero-order chi connectivity index (χ0) is 10.3. The Labute approximate surface area is 83.6 Å². The van der Waals surface area contributed by atoms with E-state index in [-0.39, 0.29) is 0 Å². The monoisotopic (exact) mass is 183 g/mol. The molecule has 1 nitrogen and oxygen atoms in total. The largest absolute Gasteiger partial charge is 0.295 e. The molecule has 0 unspecified atom stereocenters. The van der Waals surface area contributed by atoms with E-state index in [1.165, 1.54) is 31.4 Å². The Kier molecular flexibility index (Phi) is 6.02. The molecule has 0 aliphatic rings. The molecule has 0 saturated carbocycles. The van der Waals surface area contributed by atoms with Crippen molar-refractivity contribution in [2.75, 3.05) is 6.54 Å². The van der Waals surface area contributed by atoms with Gasteiger partial charge in [-0.25, -0.2) is 0 Å². The second-order valence-electron chi connectivity index (χ2n) is 4.80. The van der Waals surface area contributed by atoms with Crippen molar-refractivity contribution in [1.82, 2.24) is 0 Å². The molecule has 0 saturated heterocycles. The van der Waals surface area contributed by atoms with Gasteiger partial charge >= 0.3 is 0 Å². The SMILES string of the molecule is CCC(C)(C)CCCCN=C(C)C. The Bertz CT molecular complexity index is 153. The van der Waals surface area contributed by atoms with Crippen molar-refractivity contribution < 1.29 is 0 Å². The third-order valence-electron chi connectivity index (χ3n) is 2.65. The Balaban J connectivity index is 3.41. The lowest BCUT2D eigenvalue weighted by Crippen LogP contribution is -2.09. The smallest absolute Gasteiger partial charge is 0.0388 e. The van der Waals surface area contributed by atoms with Gasteiger partial charge in [0.1, 0.15) is 0 Å². The number of nitrogens with zero attached hydrogens (tertiary/aromatic N) is 1. The van der Waals surface area contributed by atoms with Gasteiger partial charge in [0.15, 0.2) is 0 Å². The Morgan fingerprint density at radius 1 is 1.15 bits per heavy atom. The van der Waals surface area contributed by atoms with Crippen LogP contribution in [0, 0.1) is 5.41 Å². The molecule has 0 aromatic heterocycles. The average Bonchev–Trinajstić information content (AvgIpc) is 2.03. The lowest BCUT2D eigenvalue weighted by atomic mass is 9.85. The summed E-state index contributed by atoms with van der Waals surface area (Å²) in [6, 6.07) is 0. The van der Waals surface area contributed by atoms with E-state index in [9.17, 15) is 0 Å². The second kappa shape index (κ2) is 6.17. The summed E-state index contributed by atoms with van der Waals surface area (Å²) >= 11 is 0. The second-order valence-corrected chi connectivity index (χ2v) is 4.80. The molecule has 0 amide bonds. The van der Waals surface area contributed by atoms with Gasteiger partial charge in [-0.15, -0.1) is 0 Å². The topological polar surface area (TPSA) is 12.4 Å². The first-order valence-electron chi connectivity index (χ1n) is 5.45. The predicted octanol–water partition coefficient (Wildman–Crippen LogP) is 4.07. The molecule has 0 aromatic carbocycles. The molecule has 0 fully saturated rings. The summed E-state index contributed by atoms with van der Waals surface area (Å²) in [6.45, 7) is 12.1. The summed E-state index contributed by atoms with van der Waals surface area (Å²) in [6.07, 6.45) is 5.18. The van der Waals surface area contributed by atoms with Gasteiger partial charge in [-0.05, 0) is 32.1 Å². The molecule has 0 aromatic rings. The van der Waals surface area contributed by atoms with Crippen LogP contribution < -0.4 is 0 Å². The fourth-order valence-corrected chi connectivity index (χ4v) is 1.19. The van der Waals surface area contributed by atoms with Crippen LogP contribution in [0.4, 0.5) is 0 Å². The molecule has 0 N–H and O–H groups in total. The normalized spacial score (nSPS) is 11.5. The van der Waals surface area contributed by atoms with E-state index >= 15 is 0 Å². The highest BCUT2D eigenvalue weighted by atomic mass is 14.7. The van der Waals surface area contributed by atoms with Crippen LogP contribution in [-0.2, 0) is 0 Å². The van der Waals surface area contributed by atoms with E-state index in [2.05, 4.69) is 39.6 Å². The van der Waals surface area contributed by atoms with Crippen LogP contribution in [0.5, 0.6) is 0 Å². The summed E-state index contributed by atoms with van der Waals surface area (Å²) in [5.41, 5.74) is 1.74. The van der Waals surface area contributed by atoms with E-state index < -0.39 is 0 Å². The minimum absolute atomic E-state index is 0.533. The lowest BCUT2D eigenvalue weighted by Gasteiger charge is -2.21. The Morgan fingerprint density at radius 2 is 1.77 bits per heavy atom. The van der Waals surface area contributed by atoms with E-state index in [4.69, 9.17) is 0 Å². The fourth-order valence-electron chi connectivity index (χ4n) is 1.19. The van der Waals surface area contributed by atoms with Gasteiger partial charge in [-0.2, -0.15) is 0 Å². The standard InChI is InChI=1S/C12H25N/c1-6-12(4,5)9-7-8-10-13-11(2)3/h6-10H2,1-5H3. The van der Waals surface area contributed by atoms with Gasteiger partial charge in [-0.1, -0.05) is 33.6 Å². The zero-order valence-corrected chi connectivity index (χ0v) is 9.98. The van der Waals surface area contributed by atoms with Gasteiger partial charge in [0.05, 0.1) is 0 Å². The zero-order valence-electron chi connectivity index (χ0n) is 9.98. The Hall–Kier alpha value is -0.330. The van der Waals surface area contributed by atoms with E-state index in [0.717, 1.165) is 6.54 Å². The van der Waals surface area contributed by atoms with Crippen molar-refractivity contribution in [2.24, 2.45) is 10.4 Å². The van der Waals surface area contributed by atoms with Crippen LogP contribution in [0.2, 0.25) is 0 Å². The highest BCUT2D eigenvalue weighted by molar-refractivity contribution is 5.78. The molecule has 78 valence electrons. The van der Waals surface area contributed by atoms with E-state index in [1.54, 1.807) is 0 Å². The number of unbranched alkanes of at least 4 members (excludes halogenated alkanes) is 1. The molecule has 1 heteroatoms. The molecule has 0 rings (SSSR count). The maximum Gasteiger partial charge on any atom is 0.0388 e. The quantitative estimate of drug-likeness (QED) is 0.435. The summed E-state index contributed by atoms with van der Waals surface area (Å²) in [5, 5.41) is 0. The summed E-state index contributed by atoms with van der Waals surface area (Å²) in [5.74, 6) is 0.